The molecule has 0 saturated heterocycles. The highest BCUT2D eigenvalue weighted by molar-refractivity contribution is 5.65. The fraction of sp³-hybridized carbons (Fsp3) is 0.389. The summed E-state index contributed by atoms with van der Waals surface area (Å²) in [6.07, 6.45) is 8.50. The largest absolute Gasteiger partial charge is 0.383 e. The van der Waals surface area contributed by atoms with E-state index in [0.29, 0.717) is 6.04 Å². The van der Waals surface area contributed by atoms with Gasteiger partial charge in [0.05, 0.1) is 18.2 Å². The minimum absolute atomic E-state index is 0.589. The van der Waals surface area contributed by atoms with Crippen LogP contribution in [-0.2, 0) is 6.54 Å². The summed E-state index contributed by atoms with van der Waals surface area (Å²) in [5, 5.41) is 6.98. The van der Waals surface area contributed by atoms with Crippen LogP contribution in [0.25, 0.3) is 5.57 Å². The maximum Gasteiger partial charge on any atom is 0.0951 e. The molecule has 2 N–H and O–H groups in total. The third kappa shape index (κ3) is 3.57. The van der Waals surface area contributed by atoms with Crippen LogP contribution in [0.4, 0.5) is 5.69 Å². The lowest BCUT2D eigenvalue weighted by molar-refractivity contribution is 0.560. The van der Waals surface area contributed by atoms with E-state index in [1.54, 1.807) is 0 Å². The smallest absolute Gasteiger partial charge is 0.0951 e. The molecule has 0 saturated carbocycles. The van der Waals surface area contributed by atoms with E-state index in [9.17, 15) is 0 Å². The lowest BCUT2D eigenvalue weighted by Gasteiger charge is -2.13. The minimum Gasteiger partial charge on any atom is -0.383 e. The number of para-hydroxylation sites is 1. The van der Waals surface area contributed by atoms with Crippen molar-refractivity contribution in [3.8, 4) is 0 Å². The molecule has 4 nitrogen and oxygen atoms in total. The first-order valence-corrected chi connectivity index (χ1v) is 8.08. The topological polar surface area (TPSA) is 41.9 Å². The molecule has 0 amide bonds. The van der Waals surface area contributed by atoms with Crippen LogP contribution in [0.3, 0.4) is 0 Å². The Balaban J connectivity index is 1.56. The summed E-state index contributed by atoms with van der Waals surface area (Å²) in [6, 6.07) is 10.9. The summed E-state index contributed by atoms with van der Waals surface area (Å²) in [4.78, 5) is 4.34. The Kier molecular flexibility index (Phi) is 4.91. The van der Waals surface area contributed by atoms with Gasteiger partial charge in [-0.1, -0.05) is 31.2 Å². The Hall–Kier alpha value is -2.07. The summed E-state index contributed by atoms with van der Waals surface area (Å²) >= 11 is 0. The van der Waals surface area contributed by atoms with Gasteiger partial charge in [0.1, 0.15) is 0 Å². The molecule has 116 valence electrons. The number of anilines is 1. The lowest BCUT2D eigenvalue weighted by atomic mass is 10.1. The quantitative estimate of drug-likeness (QED) is 0.825. The molecule has 0 spiro atoms. The molecular weight excluding hydrogens is 272 g/mol. The summed E-state index contributed by atoms with van der Waals surface area (Å²) in [7, 11) is 0. The van der Waals surface area contributed by atoms with Gasteiger partial charge >= 0.3 is 0 Å². The van der Waals surface area contributed by atoms with Gasteiger partial charge in [0.15, 0.2) is 0 Å². The first-order valence-electron chi connectivity index (χ1n) is 8.08. The van der Waals surface area contributed by atoms with Gasteiger partial charge in [-0.05, 0) is 37.1 Å². The van der Waals surface area contributed by atoms with Gasteiger partial charge in [-0.25, -0.2) is 4.98 Å². The molecule has 1 aromatic carbocycles. The van der Waals surface area contributed by atoms with E-state index in [1.165, 1.54) is 11.3 Å². The summed E-state index contributed by atoms with van der Waals surface area (Å²) in [5.41, 5.74) is 3.84. The molecule has 1 atom stereocenters. The second-order valence-corrected chi connectivity index (χ2v) is 5.69. The van der Waals surface area contributed by atoms with Gasteiger partial charge in [0.2, 0.25) is 0 Å². The Bertz CT molecular complexity index is 615. The summed E-state index contributed by atoms with van der Waals surface area (Å²) in [5.74, 6) is 0. The van der Waals surface area contributed by atoms with Crippen molar-refractivity contribution >= 4 is 11.3 Å². The zero-order valence-corrected chi connectivity index (χ0v) is 13.1. The normalized spacial score (nSPS) is 17.5. The average molecular weight is 296 g/mol. The molecule has 0 radical (unpaired) electrons. The van der Waals surface area contributed by atoms with E-state index >= 15 is 0 Å². The third-order valence-corrected chi connectivity index (χ3v) is 4.10. The predicted molar refractivity (Wildman–Crippen MR) is 91.8 cm³/mol. The van der Waals surface area contributed by atoms with Gasteiger partial charge in [-0.3, -0.25) is 0 Å². The Morgan fingerprint density at radius 1 is 1.27 bits per heavy atom. The van der Waals surface area contributed by atoms with Gasteiger partial charge in [-0.15, -0.1) is 0 Å². The van der Waals surface area contributed by atoms with E-state index < -0.39 is 0 Å². The van der Waals surface area contributed by atoms with Crippen molar-refractivity contribution < 1.29 is 0 Å². The highest BCUT2D eigenvalue weighted by atomic mass is 15.1. The third-order valence-electron chi connectivity index (χ3n) is 4.10. The van der Waals surface area contributed by atoms with Crippen LogP contribution in [0.5, 0.6) is 0 Å². The minimum atomic E-state index is 0.589. The first-order chi connectivity index (χ1) is 10.9. The highest BCUT2D eigenvalue weighted by Crippen LogP contribution is 2.27. The molecule has 1 heterocycles. The molecular formula is C18H24N4. The van der Waals surface area contributed by atoms with Crippen LogP contribution in [0.1, 0.15) is 25.5 Å². The molecule has 1 aliphatic carbocycles. The highest BCUT2D eigenvalue weighted by Gasteiger charge is 2.19. The van der Waals surface area contributed by atoms with Crippen LogP contribution < -0.4 is 10.6 Å². The van der Waals surface area contributed by atoms with E-state index in [2.05, 4.69) is 57.4 Å². The number of rotatable bonds is 7. The second kappa shape index (κ2) is 7.27. The van der Waals surface area contributed by atoms with Crippen LogP contribution in [0.2, 0.25) is 0 Å². The Morgan fingerprint density at radius 3 is 2.95 bits per heavy atom. The molecule has 0 aliphatic heterocycles. The van der Waals surface area contributed by atoms with Crippen LogP contribution >= 0.6 is 0 Å². The SMILES string of the molecule is CCNC1CC=C(c2cncn2CCNc2ccccc2)C1. The number of hydrogen-bond acceptors (Lipinski definition) is 3. The van der Waals surface area contributed by atoms with Gasteiger partial charge in [0, 0.05) is 24.8 Å². The summed E-state index contributed by atoms with van der Waals surface area (Å²) in [6.45, 7) is 5.02. The van der Waals surface area contributed by atoms with Crippen molar-refractivity contribution in [2.75, 3.05) is 18.4 Å². The van der Waals surface area contributed by atoms with Crippen molar-refractivity contribution in [3.63, 3.8) is 0 Å². The van der Waals surface area contributed by atoms with E-state index in [4.69, 9.17) is 0 Å². The molecule has 0 bridgehead atoms. The number of hydrogen-bond donors (Lipinski definition) is 2. The molecule has 2 aromatic rings. The molecule has 22 heavy (non-hydrogen) atoms. The van der Waals surface area contributed by atoms with E-state index in [0.717, 1.165) is 38.2 Å². The van der Waals surface area contributed by atoms with Crippen LogP contribution in [-0.4, -0.2) is 28.7 Å². The molecule has 1 unspecified atom stereocenters. The average Bonchev–Trinajstić information content (AvgIpc) is 3.18. The van der Waals surface area contributed by atoms with E-state index in [-0.39, 0.29) is 0 Å². The van der Waals surface area contributed by atoms with Crippen molar-refractivity contribution in [1.29, 1.82) is 0 Å². The Morgan fingerprint density at radius 2 is 2.14 bits per heavy atom. The maximum absolute atomic E-state index is 4.34. The fourth-order valence-corrected chi connectivity index (χ4v) is 3.01. The zero-order chi connectivity index (χ0) is 15.2. The van der Waals surface area contributed by atoms with Crippen LogP contribution in [0.15, 0.2) is 48.9 Å². The van der Waals surface area contributed by atoms with Gasteiger partial charge in [0.25, 0.3) is 0 Å². The van der Waals surface area contributed by atoms with Gasteiger partial charge < -0.3 is 15.2 Å². The van der Waals surface area contributed by atoms with Crippen molar-refractivity contribution in [3.05, 3.63) is 54.6 Å². The molecule has 0 fully saturated rings. The number of nitrogens with zero attached hydrogens (tertiary/aromatic N) is 2. The summed E-state index contributed by atoms with van der Waals surface area (Å²) < 4.78 is 2.25. The zero-order valence-electron chi connectivity index (χ0n) is 13.1. The molecule has 1 aromatic heterocycles. The van der Waals surface area contributed by atoms with E-state index in [1.807, 2.05) is 18.6 Å². The predicted octanol–water partition coefficient (Wildman–Crippen LogP) is 3.15. The van der Waals surface area contributed by atoms with Crippen LogP contribution in [0, 0.1) is 0 Å². The van der Waals surface area contributed by atoms with Crippen molar-refractivity contribution in [2.24, 2.45) is 0 Å². The first kappa shape index (κ1) is 14.9. The van der Waals surface area contributed by atoms with Crippen molar-refractivity contribution in [2.45, 2.75) is 32.4 Å². The van der Waals surface area contributed by atoms with Crippen molar-refractivity contribution in [1.82, 2.24) is 14.9 Å². The molecule has 4 heteroatoms. The second-order valence-electron chi connectivity index (χ2n) is 5.69. The monoisotopic (exact) mass is 296 g/mol. The number of aromatic nitrogens is 2. The number of benzene rings is 1. The maximum atomic E-state index is 4.34. The number of nitrogens with one attached hydrogen (secondary N) is 2. The molecule has 3 rings (SSSR count). The standard InChI is InChI=1S/C18H24N4/c1-2-20-17-9-8-15(12-17)18-13-19-14-22(18)11-10-21-16-6-4-3-5-7-16/h3-8,13-14,17,20-21H,2,9-12H2,1H3. The van der Waals surface area contributed by atoms with Gasteiger partial charge in [-0.2, -0.15) is 0 Å². The molecule has 1 aliphatic rings. The number of imidazole rings is 1. The Labute approximate surface area is 132 Å². The fourth-order valence-electron chi connectivity index (χ4n) is 3.01. The lowest BCUT2D eigenvalue weighted by Crippen LogP contribution is -2.26.